The number of fused-ring (bicyclic) bond motifs is 3. The average Bonchev–Trinajstić information content (AvgIpc) is 2.66. The van der Waals surface area contributed by atoms with Gasteiger partial charge in [-0.25, -0.2) is 0 Å². The maximum absolute atomic E-state index is 12.7. The smallest absolute Gasteiger partial charge is 0.255 e. The van der Waals surface area contributed by atoms with Crippen molar-refractivity contribution in [3.8, 4) is 5.75 Å². The second kappa shape index (κ2) is 6.48. The summed E-state index contributed by atoms with van der Waals surface area (Å²) in [6.45, 7) is 11.5. The lowest BCUT2D eigenvalue weighted by Gasteiger charge is -2.57. The summed E-state index contributed by atoms with van der Waals surface area (Å²) in [6, 6.07) is 1.94. The molecule has 7 nitrogen and oxygen atoms in total. The third-order valence-corrected chi connectivity index (χ3v) is 7.73. The van der Waals surface area contributed by atoms with Crippen LogP contribution in [0.4, 0.5) is 0 Å². The Balaban J connectivity index is 2.08. The first-order valence-corrected chi connectivity index (χ1v) is 10.7. The number of carbonyl (C=O) groups is 2. The van der Waals surface area contributed by atoms with Crippen LogP contribution < -0.4 is 5.73 Å². The van der Waals surface area contributed by atoms with Crippen molar-refractivity contribution in [2.45, 2.75) is 59.0 Å². The van der Waals surface area contributed by atoms with Gasteiger partial charge in [0.25, 0.3) is 5.91 Å². The van der Waals surface area contributed by atoms with Crippen LogP contribution in [-0.2, 0) is 22.4 Å². The first kappa shape index (κ1) is 22.1. The van der Waals surface area contributed by atoms with Crippen LogP contribution in [0.5, 0.6) is 5.75 Å². The molecule has 170 valence electrons. The number of primary amides is 1. The van der Waals surface area contributed by atoms with Crippen LogP contribution in [-0.4, -0.2) is 37.7 Å². The van der Waals surface area contributed by atoms with Crippen molar-refractivity contribution in [1.29, 1.82) is 0 Å². The molecule has 3 aliphatic rings. The van der Waals surface area contributed by atoms with E-state index in [4.69, 9.17) is 5.73 Å². The van der Waals surface area contributed by atoms with E-state index in [1.807, 2.05) is 19.9 Å². The Hall–Kier alpha value is -3.06. The van der Waals surface area contributed by atoms with Gasteiger partial charge in [-0.1, -0.05) is 33.4 Å². The highest BCUT2D eigenvalue weighted by Crippen LogP contribution is 2.65. The fourth-order valence-electron chi connectivity index (χ4n) is 6.36. The third kappa shape index (κ3) is 2.45. The molecule has 0 aliphatic heterocycles. The van der Waals surface area contributed by atoms with Crippen molar-refractivity contribution >= 4 is 17.3 Å². The lowest BCUT2D eigenvalue weighted by atomic mass is 9.48. The van der Waals surface area contributed by atoms with Crippen molar-refractivity contribution in [3.63, 3.8) is 0 Å². The number of rotatable bonds is 2. The predicted octanol–water partition coefficient (Wildman–Crippen LogP) is 3.06. The van der Waals surface area contributed by atoms with Crippen molar-refractivity contribution < 1.29 is 30.0 Å². The van der Waals surface area contributed by atoms with E-state index >= 15 is 0 Å². The van der Waals surface area contributed by atoms with Crippen LogP contribution in [0.1, 0.15) is 55.9 Å². The molecular weight excluding hydrogens is 410 g/mol. The molecule has 4 rings (SSSR count). The highest BCUT2D eigenvalue weighted by Gasteiger charge is 2.66. The van der Waals surface area contributed by atoms with E-state index in [9.17, 15) is 30.0 Å². The topological polar surface area (TPSA) is 141 Å². The summed E-state index contributed by atoms with van der Waals surface area (Å²) in [6.07, 6.45) is 1.15. The van der Waals surface area contributed by atoms with Gasteiger partial charge in [0.2, 0.25) is 0 Å². The molecule has 1 aromatic carbocycles. The number of benzene rings is 1. The zero-order chi connectivity index (χ0) is 24.0. The molecule has 1 amide bonds. The fraction of sp³-hybridized carbons (Fsp3) is 0.440. The number of hydrogen-bond acceptors (Lipinski definition) is 6. The highest BCUT2D eigenvalue weighted by molar-refractivity contribution is 6.20. The molecule has 0 bridgehead atoms. The highest BCUT2D eigenvalue weighted by atomic mass is 16.4. The van der Waals surface area contributed by atoms with E-state index in [1.54, 1.807) is 13.8 Å². The number of allylic oxidation sites excluding steroid dienone is 2. The van der Waals surface area contributed by atoms with Gasteiger partial charge in [-0.2, -0.15) is 0 Å². The van der Waals surface area contributed by atoms with Crippen molar-refractivity contribution in [1.82, 2.24) is 0 Å². The van der Waals surface area contributed by atoms with Gasteiger partial charge in [-0.15, -0.1) is 0 Å². The van der Waals surface area contributed by atoms with E-state index in [2.05, 4.69) is 6.58 Å². The summed E-state index contributed by atoms with van der Waals surface area (Å²) < 4.78 is 0. The Kier molecular flexibility index (Phi) is 4.48. The Labute approximate surface area is 186 Å². The Morgan fingerprint density at radius 1 is 1.19 bits per heavy atom. The summed E-state index contributed by atoms with van der Waals surface area (Å²) in [5, 5.41) is 44.9. The molecule has 1 aromatic rings. The van der Waals surface area contributed by atoms with Crippen LogP contribution in [0, 0.1) is 17.8 Å². The van der Waals surface area contributed by atoms with Gasteiger partial charge >= 0.3 is 0 Å². The Morgan fingerprint density at radius 2 is 1.81 bits per heavy atom. The van der Waals surface area contributed by atoms with Gasteiger partial charge in [-0.05, 0) is 48.4 Å². The molecule has 0 aromatic heterocycles. The number of nitrogens with two attached hydrogens (primary N) is 1. The van der Waals surface area contributed by atoms with E-state index in [1.165, 1.54) is 0 Å². The Bertz CT molecular complexity index is 1190. The van der Waals surface area contributed by atoms with E-state index in [0.29, 0.717) is 28.7 Å². The third-order valence-electron chi connectivity index (χ3n) is 7.73. The number of ketones is 1. The van der Waals surface area contributed by atoms with Gasteiger partial charge in [0.15, 0.2) is 11.4 Å². The van der Waals surface area contributed by atoms with E-state index in [0.717, 1.165) is 17.5 Å². The number of hydrogen-bond donors (Lipinski definition) is 5. The molecule has 3 aliphatic carbocycles. The number of amides is 1. The SMILES string of the molecule is C=C1C2=C(O)[C@@]3(O)C(O)=C(C(N)=O)C(=O)C[C@@]3(C)C[C@@]2(C)Cc2c(CC)cc(C)c(O)c21. The molecule has 0 radical (unpaired) electrons. The Morgan fingerprint density at radius 3 is 2.38 bits per heavy atom. The second-order valence-electron chi connectivity index (χ2n) is 9.98. The maximum atomic E-state index is 12.7. The normalized spacial score (nSPS) is 31.9. The van der Waals surface area contributed by atoms with Gasteiger partial charge in [0.1, 0.15) is 22.8 Å². The number of Topliss-reactive ketones (excluding diaryl/α,β-unsaturated/α-hetero) is 1. The number of aromatic hydroxyl groups is 1. The van der Waals surface area contributed by atoms with Gasteiger partial charge in [0, 0.05) is 28.4 Å². The second-order valence-corrected chi connectivity index (χ2v) is 9.98. The standard InChI is InChI=1S/C25H29NO6/c1-6-13-7-11(2)19(28)16-12(3)18-21(30)25(32)20(29)17(22(26)31)15(27)9-24(25,5)10-23(18,4)8-14(13)16/h7,28-30,32H,3,6,8-10H2,1-2,4-5H3,(H2,26,31)/t23-,24+,25+/m1/s1. The van der Waals surface area contributed by atoms with Crippen molar-refractivity contribution in [3.05, 3.63) is 57.6 Å². The molecule has 0 fully saturated rings. The molecule has 0 unspecified atom stereocenters. The first-order chi connectivity index (χ1) is 14.7. The van der Waals surface area contributed by atoms with Crippen LogP contribution in [0.15, 0.2) is 35.3 Å². The minimum absolute atomic E-state index is 0.0567. The van der Waals surface area contributed by atoms with E-state index < -0.39 is 45.2 Å². The number of aliphatic hydroxyl groups excluding tert-OH is 2. The van der Waals surface area contributed by atoms with Crippen molar-refractivity contribution in [2.24, 2.45) is 16.6 Å². The molecule has 0 spiro atoms. The van der Waals surface area contributed by atoms with Gasteiger partial charge in [0.05, 0.1) is 0 Å². The van der Waals surface area contributed by atoms with Gasteiger partial charge in [-0.3, -0.25) is 9.59 Å². The largest absolute Gasteiger partial charge is 0.508 e. The number of phenolic OH excluding ortho intramolecular Hbond substituents is 1. The maximum Gasteiger partial charge on any atom is 0.255 e. The summed E-state index contributed by atoms with van der Waals surface area (Å²) in [5.41, 5.74) is 4.02. The molecule has 3 atom stereocenters. The molecular formula is C25H29NO6. The number of aryl methyl sites for hydroxylation is 2. The molecule has 6 N–H and O–H groups in total. The molecule has 0 saturated heterocycles. The molecule has 0 heterocycles. The molecule has 32 heavy (non-hydrogen) atoms. The number of carbonyl (C=O) groups excluding carboxylic acids is 2. The number of aliphatic hydroxyl groups is 3. The summed E-state index contributed by atoms with van der Waals surface area (Å²) in [5.74, 6) is -3.27. The van der Waals surface area contributed by atoms with Crippen LogP contribution in [0.25, 0.3) is 5.57 Å². The minimum atomic E-state index is -2.38. The molecule has 0 saturated carbocycles. The monoisotopic (exact) mass is 439 g/mol. The predicted molar refractivity (Wildman–Crippen MR) is 119 cm³/mol. The van der Waals surface area contributed by atoms with Crippen LogP contribution in [0.2, 0.25) is 0 Å². The quantitative estimate of drug-likeness (QED) is 0.449. The average molecular weight is 440 g/mol. The first-order valence-electron chi connectivity index (χ1n) is 10.7. The van der Waals surface area contributed by atoms with Crippen LogP contribution >= 0.6 is 0 Å². The zero-order valence-corrected chi connectivity index (χ0v) is 18.8. The van der Waals surface area contributed by atoms with Crippen LogP contribution in [0.3, 0.4) is 0 Å². The summed E-state index contributed by atoms with van der Waals surface area (Å²) in [7, 11) is 0. The molecule has 7 heteroatoms. The summed E-state index contributed by atoms with van der Waals surface area (Å²) >= 11 is 0. The zero-order valence-electron chi connectivity index (χ0n) is 18.8. The minimum Gasteiger partial charge on any atom is -0.508 e. The lowest BCUT2D eigenvalue weighted by molar-refractivity contribution is -0.141. The number of phenols is 1. The lowest BCUT2D eigenvalue weighted by Crippen LogP contribution is -2.61. The fourth-order valence-corrected chi connectivity index (χ4v) is 6.36. The van der Waals surface area contributed by atoms with Gasteiger partial charge < -0.3 is 26.2 Å². The summed E-state index contributed by atoms with van der Waals surface area (Å²) in [4.78, 5) is 24.5. The van der Waals surface area contributed by atoms with E-state index in [-0.39, 0.29) is 18.6 Å². The van der Waals surface area contributed by atoms with Crippen molar-refractivity contribution in [2.75, 3.05) is 0 Å².